The standard InChI is InChI=1S/C12H21N5O/c1-8(13)5-6-11(18)14-9(2)12-16-15-10-4-3-7-17(10)12/h8-9H,3-7,13H2,1-2H3,(H,14,18). The number of carbonyl (C=O) groups is 1. The van der Waals surface area contributed by atoms with Crippen LogP contribution in [0.3, 0.4) is 0 Å². The Balaban J connectivity index is 1.91. The summed E-state index contributed by atoms with van der Waals surface area (Å²) in [6, 6.07) is -0.0340. The Kier molecular flexibility index (Phi) is 3.96. The highest BCUT2D eigenvalue weighted by Crippen LogP contribution is 2.18. The molecule has 1 aromatic heterocycles. The van der Waals surface area contributed by atoms with E-state index in [0.717, 1.165) is 31.0 Å². The van der Waals surface area contributed by atoms with Gasteiger partial charge in [-0.3, -0.25) is 4.79 Å². The minimum atomic E-state index is -0.0927. The third kappa shape index (κ3) is 2.87. The molecule has 0 saturated heterocycles. The van der Waals surface area contributed by atoms with Gasteiger partial charge in [0.05, 0.1) is 6.04 Å². The van der Waals surface area contributed by atoms with Crippen LogP contribution in [0.2, 0.25) is 0 Å². The second-order valence-electron chi connectivity index (χ2n) is 5.03. The van der Waals surface area contributed by atoms with Gasteiger partial charge in [-0.15, -0.1) is 10.2 Å². The molecule has 1 aromatic rings. The molecule has 1 aliphatic rings. The van der Waals surface area contributed by atoms with Gasteiger partial charge in [-0.25, -0.2) is 0 Å². The summed E-state index contributed by atoms with van der Waals surface area (Å²) in [5.41, 5.74) is 5.63. The van der Waals surface area contributed by atoms with E-state index in [1.807, 2.05) is 13.8 Å². The molecular formula is C12H21N5O. The maximum absolute atomic E-state index is 11.7. The molecule has 6 nitrogen and oxygen atoms in total. The van der Waals surface area contributed by atoms with Crippen molar-refractivity contribution < 1.29 is 4.79 Å². The zero-order valence-corrected chi connectivity index (χ0v) is 11.0. The third-order valence-corrected chi connectivity index (χ3v) is 3.23. The van der Waals surface area contributed by atoms with Crippen LogP contribution in [-0.4, -0.2) is 26.7 Å². The van der Waals surface area contributed by atoms with Crippen LogP contribution in [0.15, 0.2) is 0 Å². The first kappa shape index (κ1) is 13.0. The Morgan fingerprint density at radius 2 is 2.28 bits per heavy atom. The fourth-order valence-electron chi connectivity index (χ4n) is 2.23. The number of rotatable bonds is 5. The molecule has 2 heterocycles. The van der Waals surface area contributed by atoms with Crippen LogP contribution < -0.4 is 11.1 Å². The maximum atomic E-state index is 11.7. The summed E-state index contributed by atoms with van der Waals surface area (Å²) >= 11 is 0. The number of fused-ring (bicyclic) bond motifs is 1. The van der Waals surface area contributed by atoms with Gasteiger partial charge in [0.25, 0.3) is 0 Å². The molecular weight excluding hydrogens is 230 g/mol. The number of hydrogen-bond donors (Lipinski definition) is 2. The molecule has 2 atom stereocenters. The number of nitrogens with zero attached hydrogens (tertiary/aromatic N) is 3. The van der Waals surface area contributed by atoms with Crippen molar-refractivity contribution in [2.75, 3.05) is 0 Å². The summed E-state index contributed by atoms with van der Waals surface area (Å²) < 4.78 is 2.11. The largest absolute Gasteiger partial charge is 0.346 e. The van der Waals surface area contributed by atoms with E-state index in [0.29, 0.717) is 12.8 Å². The summed E-state index contributed by atoms with van der Waals surface area (Å²) in [5, 5.41) is 11.3. The van der Waals surface area contributed by atoms with Crippen molar-refractivity contribution in [3.05, 3.63) is 11.6 Å². The van der Waals surface area contributed by atoms with Crippen molar-refractivity contribution >= 4 is 5.91 Å². The summed E-state index contributed by atoms with van der Waals surface area (Å²) in [6.07, 6.45) is 3.26. The first-order valence-corrected chi connectivity index (χ1v) is 6.55. The minimum Gasteiger partial charge on any atom is -0.346 e. The van der Waals surface area contributed by atoms with E-state index in [4.69, 9.17) is 5.73 Å². The zero-order chi connectivity index (χ0) is 13.1. The van der Waals surface area contributed by atoms with Crippen LogP contribution in [-0.2, 0) is 17.8 Å². The third-order valence-electron chi connectivity index (χ3n) is 3.23. The number of hydrogen-bond acceptors (Lipinski definition) is 4. The molecule has 0 bridgehead atoms. The molecule has 0 fully saturated rings. The first-order valence-electron chi connectivity index (χ1n) is 6.55. The Bertz CT molecular complexity index is 426. The van der Waals surface area contributed by atoms with E-state index >= 15 is 0 Å². The SMILES string of the molecule is CC(N)CCC(=O)NC(C)c1nnc2n1CCC2. The van der Waals surface area contributed by atoms with Crippen molar-refractivity contribution in [1.29, 1.82) is 0 Å². The lowest BCUT2D eigenvalue weighted by Crippen LogP contribution is -2.29. The molecule has 100 valence electrons. The normalized spacial score (nSPS) is 17.3. The highest BCUT2D eigenvalue weighted by atomic mass is 16.1. The van der Waals surface area contributed by atoms with Crippen LogP contribution in [0, 0.1) is 0 Å². The quantitative estimate of drug-likeness (QED) is 0.799. The summed E-state index contributed by atoms with van der Waals surface area (Å²) in [7, 11) is 0. The smallest absolute Gasteiger partial charge is 0.220 e. The van der Waals surface area contributed by atoms with Crippen molar-refractivity contribution in [2.24, 2.45) is 5.73 Å². The lowest BCUT2D eigenvalue weighted by molar-refractivity contribution is -0.122. The van der Waals surface area contributed by atoms with Gasteiger partial charge in [0.2, 0.25) is 5.91 Å². The predicted molar refractivity (Wildman–Crippen MR) is 67.8 cm³/mol. The van der Waals surface area contributed by atoms with Gasteiger partial charge in [-0.05, 0) is 26.7 Å². The summed E-state index contributed by atoms with van der Waals surface area (Å²) in [5.74, 6) is 1.91. The summed E-state index contributed by atoms with van der Waals surface area (Å²) in [6.45, 7) is 4.80. The number of aromatic nitrogens is 3. The first-order chi connectivity index (χ1) is 8.58. The predicted octanol–water partition coefficient (Wildman–Crippen LogP) is 0.529. The van der Waals surface area contributed by atoms with Crippen LogP contribution in [0.5, 0.6) is 0 Å². The van der Waals surface area contributed by atoms with E-state index in [-0.39, 0.29) is 18.0 Å². The van der Waals surface area contributed by atoms with Crippen molar-refractivity contribution in [1.82, 2.24) is 20.1 Å². The molecule has 6 heteroatoms. The highest BCUT2D eigenvalue weighted by Gasteiger charge is 2.22. The van der Waals surface area contributed by atoms with E-state index in [1.165, 1.54) is 0 Å². The van der Waals surface area contributed by atoms with Gasteiger partial charge in [-0.2, -0.15) is 0 Å². The fourth-order valence-corrected chi connectivity index (χ4v) is 2.23. The highest BCUT2D eigenvalue weighted by molar-refractivity contribution is 5.76. The maximum Gasteiger partial charge on any atom is 0.220 e. The van der Waals surface area contributed by atoms with Crippen LogP contribution in [0.4, 0.5) is 0 Å². The topological polar surface area (TPSA) is 85.8 Å². The molecule has 2 rings (SSSR count). The van der Waals surface area contributed by atoms with Gasteiger partial charge in [0.15, 0.2) is 5.82 Å². The number of aryl methyl sites for hydroxylation is 1. The molecule has 3 N–H and O–H groups in total. The minimum absolute atomic E-state index is 0.0233. The van der Waals surface area contributed by atoms with E-state index in [1.54, 1.807) is 0 Å². The van der Waals surface area contributed by atoms with Crippen LogP contribution in [0.1, 0.15) is 50.8 Å². The van der Waals surface area contributed by atoms with Crippen molar-refractivity contribution in [2.45, 2.75) is 58.2 Å². The number of amides is 1. The number of carbonyl (C=O) groups excluding carboxylic acids is 1. The molecule has 1 amide bonds. The second kappa shape index (κ2) is 5.48. The van der Waals surface area contributed by atoms with Crippen molar-refractivity contribution in [3.63, 3.8) is 0 Å². The molecule has 1 aliphatic heterocycles. The van der Waals surface area contributed by atoms with Gasteiger partial charge in [0, 0.05) is 25.4 Å². The Labute approximate surface area is 107 Å². The van der Waals surface area contributed by atoms with E-state index in [2.05, 4.69) is 20.1 Å². The lowest BCUT2D eigenvalue weighted by Gasteiger charge is -2.14. The second-order valence-corrected chi connectivity index (χ2v) is 5.03. The molecule has 18 heavy (non-hydrogen) atoms. The van der Waals surface area contributed by atoms with Gasteiger partial charge in [-0.1, -0.05) is 0 Å². The fraction of sp³-hybridized carbons (Fsp3) is 0.750. The average Bonchev–Trinajstić information content (AvgIpc) is 2.87. The average molecular weight is 251 g/mol. The molecule has 0 spiro atoms. The molecule has 0 aromatic carbocycles. The van der Waals surface area contributed by atoms with Crippen LogP contribution >= 0.6 is 0 Å². The summed E-state index contributed by atoms with van der Waals surface area (Å²) in [4.78, 5) is 11.7. The van der Waals surface area contributed by atoms with Crippen LogP contribution in [0.25, 0.3) is 0 Å². The Morgan fingerprint density at radius 1 is 1.50 bits per heavy atom. The Hall–Kier alpha value is -1.43. The molecule has 0 radical (unpaired) electrons. The monoisotopic (exact) mass is 251 g/mol. The van der Waals surface area contributed by atoms with E-state index in [9.17, 15) is 4.79 Å². The lowest BCUT2D eigenvalue weighted by atomic mass is 10.2. The van der Waals surface area contributed by atoms with Gasteiger partial charge >= 0.3 is 0 Å². The Morgan fingerprint density at radius 3 is 3.00 bits per heavy atom. The molecule has 0 saturated carbocycles. The van der Waals surface area contributed by atoms with Crippen molar-refractivity contribution in [3.8, 4) is 0 Å². The number of nitrogens with one attached hydrogen (secondary N) is 1. The number of nitrogens with two attached hydrogens (primary N) is 1. The molecule has 0 aliphatic carbocycles. The van der Waals surface area contributed by atoms with E-state index < -0.39 is 0 Å². The van der Waals surface area contributed by atoms with Gasteiger partial charge < -0.3 is 15.6 Å². The van der Waals surface area contributed by atoms with Gasteiger partial charge in [0.1, 0.15) is 5.82 Å². The zero-order valence-electron chi connectivity index (χ0n) is 11.0. The molecule has 2 unspecified atom stereocenters.